The van der Waals surface area contributed by atoms with Crippen molar-refractivity contribution in [3.8, 4) is 0 Å². The van der Waals surface area contributed by atoms with Crippen molar-refractivity contribution in [2.45, 2.75) is 45.7 Å². The van der Waals surface area contributed by atoms with E-state index in [0.29, 0.717) is 44.8 Å². The topological polar surface area (TPSA) is 82.9 Å². The molecule has 4 rings (SSSR count). The van der Waals surface area contributed by atoms with Gasteiger partial charge in [0.15, 0.2) is 5.76 Å². The molecule has 1 aromatic heterocycles. The molecule has 7 nitrogen and oxygen atoms in total. The number of nitrogens with zero attached hydrogens (tertiary/aromatic N) is 2. The van der Waals surface area contributed by atoms with Crippen LogP contribution in [0.1, 0.15) is 46.5 Å². The molecule has 1 unspecified atom stereocenters. The summed E-state index contributed by atoms with van der Waals surface area (Å²) < 4.78 is 5.25. The van der Waals surface area contributed by atoms with Crippen LogP contribution in [-0.4, -0.2) is 53.2 Å². The van der Waals surface area contributed by atoms with Crippen LogP contribution in [0.4, 0.5) is 0 Å². The molecule has 0 spiro atoms. The molecule has 1 N–H and O–H groups in total. The number of aryl methyl sites for hydroxylation is 2. The summed E-state index contributed by atoms with van der Waals surface area (Å²) >= 11 is 0. The predicted molar refractivity (Wildman–Crippen MR) is 115 cm³/mol. The van der Waals surface area contributed by atoms with Crippen LogP contribution in [0.15, 0.2) is 41.0 Å². The maximum Gasteiger partial charge on any atom is 0.287 e. The van der Waals surface area contributed by atoms with Gasteiger partial charge in [-0.3, -0.25) is 14.4 Å². The number of nitrogens with one attached hydrogen (secondary N) is 1. The molecule has 164 valence electrons. The second kappa shape index (κ2) is 8.96. The van der Waals surface area contributed by atoms with Gasteiger partial charge in [0.1, 0.15) is 0 Å². The van der Waals surface area contributed by atoms with E-state index >= 15 is 0 Å². The third kappa shape index (κ3) is 4.81. The number of carbonyl (C=O) groups is 3. The van der Waals surface area contributed by atoms with Crippen molar-refractivity contribution in [3.63, 3.8) is 0 Å². The van der Waals surface area contributed by atoms with E-state index in [1.165, 1.54) is 11.8 Å². The van der Waals surface area contributed by atoms with Crippen molar-refractivity contribution in [2.75, 3.05) is 19.6 Å². The highest BCUT2D eigenvalue weighted by atomic mass is 16.3. The SMILES string of the molecule is Cc1ccc(CN2CC(C(=O)N3CCC(NC(=O)c4occc4C)CC3)CC2=O)cc1. The lowest BCUT2D eigenvalue weighted by Crippen LogP contribution is -2.48. The van der Waals surface area contributed by atoms with Gasteiger partial charge in [0.2, 0.25) is 11.8 Å². The number of hydrogen-bond acceptors (Lipinski definition) is 4. The van der Waals surface area contributed by atoms with E-state index in [0.717, 1.165) is 11.1 Å². The van der Waals surface area contributed by atoms with Gasteiger partial charge in [0.25, 0.3) is 5.91 Å². The van der Waals surface area contributed by atoms with Crippen LogP contribution in [0, 0.1) is 19.8 Å². The molecule has 3 amide bonds. The third-order valence-electron chi connectivity index (χ3n) is 6.27. The Balaban J connectivity index is 1.27. The average molecular weight is 424 g/mol. The van der Waals surface area contributed by atoms with Gasteiger partial charge in [0.05, 0.1) is 12.2 Å². The Morgan fingerprint density at radius 1 is 1.10 bits per heavy atom. The van der Waals surface area contributed by atoms with E-state index in [4.69, 9.17) is 4.42 Å². The first-order chi connectivity index (χ1) is 14.9. The van der Waals surface area contributed by atoms with E-state index in [1.54, 1.807) is 11.0 Å². The molecule has 2 fully saturated rings. The van der Waals surface area contributed by atoms with E-state index in [2.05, 4.69) is 5.32 Å². The van der Waals surface area contributed by atoms with Crippen LogP contribution in [0.2, 0.25) is 0 Å². The zero-order valence-electron chi connectivity index (χ0n) is 18.1. The third-order valence-corrected chi connectivity index (χ3v) is 6.27. The number of likely N-dealkylation sites (tertiary alicyclic amines) is 2. The zero-order chi connectivity index (χ0) is 22.0. The maximum absolute atomic E-state index is 13.0. The van der Waals surface area contributed by atoms with E-state index in [1.807, 2.05) is 43.0 Å². The van der Waals surface area contributed by atoms with E-state index in [9.17, 15) is 14.4 Å². The fraction of sp³-hybridized carbons (Fsp3) is 0.458. The van der Waals surface area contributed by atoms with Gasteiger partial charge in [-0.05, 0) is 38.3 Å². The molecule has 2 aliphatic heterocycles. The molecule has 0 saturated carbocycles. The Morgan fingerprint density at radius 2 is 1.81 bits per heavy atom. The quantitative estimate of drug-likeness (QED) is 0.802. The average Bonchev–Trinajstić information content (AvgIpc) is 3.35. The zero-order valence-corrected chi connectivity index (χ0v) is 18.1. The summed E-state index contributed by atoms with van der Waals surface area (Å²) in [6, 6.07) is 9.91. The summed E-state index contributed by atoms with van der Waals surface area (Å²) in [7, 11) is 0. The Bertz CT molecular complexity index is 957. The van der Waals surface area contributed by atoms with Gasteiger partial charge in [-0.2, -0.15) is 0 Å². The number of benzene rings is 1. The van der Waals surface area contributed by atoms with E-state index < -0.39 is 0 Å². The second-order valence-electron chi connectivity index (χ2n) is 8.67. The second-order valence-corrected chi connectivity index (χ2v) is 8.67. The minimum absolute atomic E-state index is 0.0179. The summed E-state index contributed by atoms with van der Waals surface area (Å²) in [5, 5.41) is 3.00. The summed E-state index contributed by atoms with van der Waals surface area (Å²) in [5.41, 5.74) is 3.07. The molecular formula is C24H29N3O4. The first kappa shape index (κ1) is 21.2. The summed E-state index contributed by atoms with van der Waals surface area (Å²) in [6.45, 7) is 6.06. The molecule has 7 heteroatoms. The van der Waals surface area contributed by atoms with Crippen LogP contribution in [0.25, 0.3) is 0 Å². The lowest BCUT2D eigenvalue weighted by atomic mass is 10.0. The van der Waals surface area contributed by atoms with Gasteiger partial charge in [0, 0.05) is 44.2 Å². The van der Waals surface area contributed by atoms with Crippen molar-refractivity contribution in [2.24, 2.45) is 5.92 Å². The van der Waals surface area contributed by atoms with Crippen LogP contribution in [-0.2, 0) is 16.1 Å². The predicted octanol–water partition coefficient (Wildman–Crippen LogP) is 2.67. The highest BCUT2D eigenvalue weighted by Crippen LogP contribution is 2.24. The monoisotopic (exact) mass is 423 g/mol. The molecule has 0 radical (unpaired) electrons. The van der Waals surface area contributed by atoms with Crippen LogP contribution in [0.5, 0.6) is 0 Å². The summed E-state index contributed by atoms with van der Waals surface area (Å²) in [6.07, 6.45) is 3.19. The van der Waals surface area contributed by atoms with Crippen LogP contribution < -0.4 is 5.32 Å². The Kier molecular flexibility index (Phi) is 6.11. The minimum Gasteiger partial charge on any atom is -0.459 e. The van der Waals surface area contributed by atoms with Gasteiger partial charge >= 0.3 is 0 Å². The molecule has 2 aliphatic rings. The van der Waals surface area contributed by atoms with Gasteiger partial charge < -0.3 is 19.5 Å². The minimum atomic E-state index is -0.283. The lowest BCUT2D eigenvalue weighted by molar-refractivity contribution is -0.136. The number of rotatable bonds is 5. The summed E-state index contributed by atoms with van der Waals surface area (Å²) in [5.74, 6) is -0.0618. The van der Waals surface area contributed by atoms with E-state index in [-0.39, 0.29) is 36.1 Å². The number of hydrogen-bond donors (Lipinski definition) is 1. The molecule has 3 heterocycles. The maximum atomic E-state index is 13.0. The van der Waals surface area contributed by atoms with Crippen LogP contribution >= 0.6 is 0 Å². The number of piperidine rings is 1. The fourth-order valence-electron chi connectivity index (χ4n) is 4.36. The smallest absolute Gasteiger partial charge is 0.287 e. The number of amides is 3. The van der Waals surface area contributed by atoms with Gasteiger partial charge in [-0.25, -0.2) is 0 Å². The lowest BCUT2D eigenvalue weighted by Gasteiger charge is -2.33. The Labute approximate surface area is 182 Å². The molecular weight excluding hydrogens is 394 g/mol. The largest absolute Gasteiger partial charge is 0.459 e. The first-order valence-corrected chi connectivity index (χ1v) is 10.9. The van der Waals surface area contributed by atoms with Crippen molar-refractivity contribution < 1.29 is 18.8 Å². The van der Waals surface area contributed by atoms with Gasteiger partial charge in [-0.1, -0.05) is 29.8 Å². The summed E-state index contributed by atoms with van der Waals surface area (Å²) in [4.78, 5) is 41.4. The molecule has 2 saturated heterocycles. The molecule has 31 heavy (non-hydrogen) atoms. The van der Waals surface area contributed by atoms with Crippen molar-refractivity contribution in [3.05, 3.63) is 59.0 Å². The highest BCUT2D eigenvalue weighted by Gasteiger charge is 2.37. The standard InChI is InChI=1S/C24H29N3O4/c1-16-3-5-18(6-4-16)14-27-15-19(13-21(27)28)24(30)26-10-7-20(8-11-26)25-23(29)22-17(2)9-12-31-22/h3-6,9,12,19-20H,7-8,10-11,13-15H2,1-2H3,(H,25,29). The molecule has 1 atom stereocenters. The highest BCUT2D eigenvalue weighted by molar-refractivity contribution is 5.93. The van der Waals surface area contributed by atoms with Crippen LogP contribution in [0.3, 0.4) is 0 Å². The molecule has 1 aromatic carbocycles. The molecule has 2 aromatic rings. The Hall–Kier alpha value is -3.09. The van der Waals surface area contributed by atoms with Crippen molar-refractivity contribution in [1.82, 2.24) is 15.1 Å². The molecule has 0 bridgehead atoms. The first-order valence-electron chi connectivity index (χ1n) is 10.9. The fourth-order valence-corrected chi connectivity index (χ4v) is 4.36. The number of furan rings is 1. The normalized spacial score (nSPS) is 19.7. The van der Waals surface area contributed by atoms with Crippen molar-refractivity contribution >= 4 is 17.7 Å². The van der Waals surface area contributed by atoms with Gasteiger partial charge in [-0.15, -0.1) is 0 Å². The number of carbonyl (C=O) groups excluding carboxylic acids is 3. The Morgan fingerprint density at radius 3 is 2.45 bits per heavy atom. The van der Waals surface area contributed by atoms with Crippen molar-refractivity contribution in [1.29, 1.82) is 0 Å². The molecule has 0 aliphatic carbocycles.